The summed E-state index contributed by atoms with van der Waals surface area (Å²) in [6.07, 6.45) is 8.06. The summed E-state index contributed by atoms with van der Waals surface area (Å²) in [7, 11) is 0. The fourth-order valence-corrected chi connectivity index (χ4v) is 2.37. The molecule has 0 aromatic carbocycles. The maximum absolute atomic E-state index is 9.57. The van der Waals surface area contributed by atoms with Gasteiger partial charge in [-0.05, 0) is 31.6 Å². The van der Waals surface area contributed by atoms with E-state index in [9.17, 15) is 5.11 Å². The molecular formula is C12H21N3O. The highest BCUT2D eigenvalue weighted by Gasteiger charge is 2.32. The molecule has 0 spiro atoms. The number of aliphatic hydroxyl groups excluding tert-OH is 1. The van der Waals surface area contributed by atoms with Crippen molar-refractivity contribution in [1.82, 2.24) is 15.3 Å². The molecule has 4 heteroatoms. The van der Waals surface area contributed by atoms with Gasteiger partial charge in [-0.15, -0.1) is 0 Å². The number of hydrogen-bond donors (Lipinski definition) is 3. The number of nitrogens with one attached hydrogen (secondary N) is 2. The highest BCUT2D eigenvalue weighted by Crippen LogP contribution is 2.31. The summed E-state index contributed by atoms with van der Waals surface area (Å²) in [6, 6.07) is 0. The second kappa shape index (κ2) is 4.97. The lowest BCUT2D eigenvalue weighted by atomic mass is 9.77. The minimum atomic E-state index is -0.0718. The van der Waals surface area contributed by atoms with Crippen LogP contribution in [0.15, 0.2) is 12.5 Å². The third-order valence-corrected chi connectivity index (χ3v) is 3.74. The Morgan fingerprint density at radius 3 is 2.88 bits per heavy atom. The Hall–Kier alpha value is -0.870. The number of nitrogens with zero attached hydrogens (tertiary/aromatic N) is 1. The SMILES string of the molecule is CC1CCC(CO)(NCc2cnc[nH]2)CC1. The molecule has 1 aliphatic carbocycles. The molecule has 0 saturated heterocycles. The zero-order valence-electron chi connectivity index (χ0n) is 9.87. The van der Waals surface area contributed by atoms with E-state index in [1.165, 1.54) is 12.8 Å². The first-order chi connectivity index (χ1) is 7.74. The Bertz CT molecular complexity index is 302. The van der Waals surface area contributed by atoms with Crippen LogP contribution in [0.2, 0.25) is 0 Å². The Kier molecular flexibility index (Phi) is 3.61. The lowest BCUT2D eigenvalue weighted by Gasteiger charge is -2.38. The lowest BCUT2D eigenvalue weighted by molar-refractivity contribution is 0.104. The maximum atomic E-state index is 9.57. The largest absolute Gasteiger partial charge is 0.394 e. The van der Waals surface area contributed by atoms with E-state index in [-0.39, 0.29) is 12.1 Å². The summed E-state index contributed by atoms with van der Waals surface area (Å²) in [4.78, 5) is 7.06. The van der Waals surface area contributed by atoms with Crippen molar-refractivity contribution in [3.8, 4) is 0 Å². The van der Waals surface area contributed by atoms with Crippen LogP contribution >= 0.6 is 0 Å². The average molecular weight is 223 g/mol. The van der Waals surface area contributed by atoms with Gasteiger partial charge >= 0.3 is 0 Å². The molecule has 0 bridgehead atoms. The smallest absolute Gasteiger partial charge is 0.0922 e. The van der Waals surface area contributed by atoms with Crippen LogP contribution in [0.1, 0.15) is 38.3 Å². The van der Waals surface area contributed by atoms with Gasteiger partial charge in [-0.1, -0.05) is 6.92 Å². The predicted octanol–water partition coefficient (Wildman–Crippen LogP) is 1.44. The summed E-state index contributed by atoms with van der Waals surface area (Å²) in [5.41, 5.74) is 1.00. The molecule has 4 nitrogen and oxygen atoms in total. The summed E-state index contributed by atoms with van der Waals surface area (Å²) in [5, 5.41) is 13.1. The summed E-state index contributed by atoms with van der Waals surface area (Å²) < 4.78 is 0. The van der Waals surface area contributed by atoms with Crippen molar-refractivity contribution in [2.24, 2.45) is 5.92 Å². The van der Waals surface area contributed by atoms with Gasteiger partial charge in [0, 0.05) is 24.0 Å². The molecule has 0 unspecified atom stereocenters. The first-order valence-corrected chi connectivity index (χ1v) is 6.07. The second-order valence-corrected chi connectivity index (χ2v) is 5.05. The van der Waals surface area contributed by atoms with Gasteiger partial charge in [0.1, 0.15) is 0 Å². The Morgan fingerprint density at radius 1 is 1.56 bits per heavy atom. The lowest BCUT2D eigenvalue weighted by Crippen LogP contribution is -2.50. The van der Waals surface area contributed by atoms with E-state index in [2.05, 4.69) is 22.2 Å². The number of rotatable bonds is 4. The van der Waals surface area contributed by atoms with Crippen molar-refractivity contribution >= 4 is 0 Å². The van der Waals surface area contributed by atoms with Crippen LogP contribution in [0.4, 0.5) is 0 Å². The van der Waals surface area contributed by atoms with Crippen LogP contribution in [-0.2, 0) is 6.54 Å². The van der Waals surface area contributed by atoms with Crippen LogP contribution in [0.25, 0.3) is 0 Å². The monoisotopic (exact) mass is 223 g/mol. The quantitative estimate of drug-likeness (QED) is 0.724. The molecule has 0 amide bonds. The van der Waals surface area contributed by atoms with Crippen LogP contribution in [0.5, 0.6) is 0 Å². The van der Waals surface area contributed by atoms with E-state index in [1.807, 2.05) is 6.20 Å². The molecule has 16 heavy (non-hydrogen) atoms. The van der Waals surface area contributed by atoms with E-state index in [4.69, 9.17) is 0 Å². The third-order valence-electron chi connectivity index (χ3n) is 3.74. The summed E-state index contributed by atoms with van der Waals surface area (Å²) in [5.74, 6) is 0.800. The van der Waals surface area contributed by atoms with E-state index in [0.29, 0.717) is 0 Å². The van der Waals surface area contributed by atoms with Crippen LogP contribution in [0, 0.1) is 5.92 Å². The van der Waals surface area contributed by atoms with Crippen molar-refractivity contribution < 1.29 is 5.11 Å². The Balaban J connectivity index is 1.89. The van der Waals surface area contributed by atoms with Gasteiger partial charge in [-0.3, -0.25) is 0 Å². The predicted molar refractivity (Wildman–Crippen MR) is 62.9 cm³/mol. The molecular weight excluding hydrogens is 202 g/mol. The number of aromatic nitrogens is 2. The molecule has 1 heterocycles. The fourth-order valence-electron chi connectivity index (χ4n) is 2.37. The van der Waals surface area contributed by atoms with Crippen LogP contribution in [-0.4, -0.2) is 27.2 Å². The number of H-pyrrole nitrogens is 1. The van der Waals surface area contributed by atoms with Crippen molar-refractivity contribution in [2.45, 2.75) is 44.7 Å². The standard InChI is InChI=1S/C12H21N3O/c1-10-2-4-12(8-16,5-3-10)15-7-11-6-13-9-14-11/h6,9-10,15-16H,2-5,7-8H2,1H3,(H,13,14). The van der Waals surface area contributed by atoms with E-state index in [0.717, 1.165) is 31.0 Å². The van der Waals surface area contributed by atoms with Gasteiger partial charge in [0.25, 0.3) is 0 Å². The van der Waals surface area contributed by atoms with Crippen molar-refractivity contribution in [3.63, 3.8) is 0 Å². The van der Waals surface area contributed by atoms with Gasteiger partial charge in [0.05, 0.1) is 12.9 Å². The summed E-state index contributed by atoms with van der Waals surface area (Å²) >= 11 is 0. The molecule has 90 valence electrons. The molecule has 0 aliphatic heterocycles. The minimum Gasteiger partial charge on any atom is -0.394 e. The number of imidazole rings is 1. The van der Waals surface area contributed by atoms with Gasteiger partial charge < -0.3 is 15.4 Å². The fraction of sp³-hybridized carbons (Fsp3) is 0.750. The first kappa shape index (κ1) is 11.6. The molecule has 1 aromatic heterocycles. The Morgan fingerprint density at radius 2 is 2.31 bits per heavy atom. The molecule has 1 aliphatic rings. The van der Waals surface area contributed by atoms with Gasteiger partial charge in [-0.2, -0.15) is 0 Å². The normalized spacial score (nSPS) is 30.5. The molecule has 3 N–H and O–H groups in total. The topological polar surface area (TPSA) is 60.9 Å². The van der Waals surface area contributed by atoms with Gasteiger partial charge in [0.2, 0.25) is 0 Å². The number of aliphatic hydroxyl groups is 1. The molecule has 1 aromatic rings. The third kappa shape index (κ3) is 2.62. The maximum Gasteiger partial charge on any atom is 0.0922 e. The van der Waals surface area contributed by atoms with E-state index in [1.54, 1.807) is 6.33 Å². The van der Waals surface area contributed by atoms with E-state index < -0.39 is 0 Å². The number of hydrogen-bond acceptors (Lipinski definition) is 3. The van der Waals surface area contributed by atoms with E-state index >= 15 is 0 Å². The average Bonchev–Trinajstić information content (AvgIpc) is 2.82. The van der Waals surface area contributed by atoms with Crippen molar-refractivity contribution in [2.75, 3.05) is 6.61 Å². The minimum absolute atomic E-state index is 0.0718. The van der Waals surface area contributed by atoms with Crippen molar-refractivity contribution in [3.05, 3.63) is 18.2 Å². The van der Waals surface area contributed by atoms with Gasteiger partial charge in [0.15, 0.2) is 0 Å². The molecule has 1 saturated carbocycles. The molecule has 2 rings (SSSR count). The van der Waals surface area contributed by atoms with Crippen molar-refractivity contribution in [1.29, 1.82) is 0 Å². The number of aromatic amines is 1. The van der Waals surface area contributed by atoms with Crippen LogP contribution < -0.4 is 5.32 Å². The molecule has 1 fully saturated rings. The second-order valence-electron chi connectivity index (χ2n) is 5.05. The molecule has 0 atom stereocenters. The highest BCUT2D eigenvalue weighted by molar-refractivity contribution is 4.98. The highest BCUT2D eigenvalue weighted by atomic mass is 16.3. The summed E-state index contributed by atoms with van der Waals surface area (Å²) in [6.45, 7) is 3.28. The van der Waals surface area contributed by atoms with Gasteiger partial charge in [-0.25, -0.2) is 4.98 Å². The van der Waals surface area contributed by atoms with Crippen LogP contribution in [0.3, 0.4) is 0 Å². The Labute approximate surface area is 96.5 Å². The zero-order valence-corrected chi connectivity index (χ0v) is 9.87. The molecule has 0 radical (unpaired) electrons. The first-order valence-electron chi connectivity index (χ1n) is 6.07. The zero-order chi connectivity index (χ0) is 11.4.